The molecule has 0 amide bonds. The number of benzene rings is 2. The van der Waals surface area contributed by atoms with Crippen LogP contribution in [-0.2, 0) is 11.4 Å². The highest BCUT2D eigenvalue weighted by Crippen LogP contribution is 2.26. The molecule has 0 radical (unpaired) electrons. The lowest BCUT2D eigenvalue weighted by molar-refractivity contribution is -0.139. The van der Waals surface area contributed by atoms with Gasteiger partial charge < -0.3 is 9.84 Å². The van der Waals surface area contributed by atoms with E-state index in [4.69, 9.17) is 4.74 Å². The van der Waals surface area contributed by atoms with Gasteiger partial charge in [-0.1, -0.05) is 50.2 Å². The molecule has 1 atom stereocenters. The summed E-state index contributed by atoms with van der Waals surface area (Å²) in [6.45, 7) is 4.44. The highest BCUT2D eigenvalue weighted by atomic mass is 16.5. The van der Waals surface area contributed by atoms with Gasteiger partial charge in [0.2, 0.25) is 0 Å². The first-order valence-electron chi connectivity index (χ1n) is 8.83. The number of rotatable bonds is 7. The van der Waals surface area contributed by atoms with Crippen LogP contribution in [0.3, 0.4) is 0 Å². The second kappa shape index (κ2) is 8.00. The molecule has 0 aliphatic rings. The number of aromatic nitrogens is 1. The summed E-state index contributed by atoms with van der Waals surface area (Å²) in [5, 5.41) is 10.5. The van der Waals surface area contributed by atoms with Gasteiger partial charge in [-0.05, 0) is 42.2 Å². The number of fused-ring (bicyclic) bond motifs is 1. The predicted octanol–water partition coefficient (Wildman–Crippen LogP) is 5.03. The largest absolute Gasteiger partial charge is 0.487 e. The van der Waals surface area contributed by atoms with Crippen LogP contribution in [0.1, 0.15) is 37.4 Å². The maximum absolute atomic E-state index is 11.5. The molecule has 1 N–H and O–H groups in total. The van der Waals surface area contributed by atoms with E-state index in [1.807, 2.05) is 74.5 Å². The van der Waals surface area contributed by atoms with E-state index in [1.165, 1.54) is 0 Å². The molecule has 2 aromatic carbocycles. The Balaban J connectivity index is 1.67. The minimum atomic E-state index is -0.785. The van der Waals surface area contributed by atoms with Gasteiger partial charge in [-0.25, -0.2) is 4.98 Å². The number of hydrogen-bond acceptors (Lipinski definition) is 3. The second-order valence-corrected chi connectivity index (χ2v) is 6.87. The topological polar surface area (TPSA) is 59.4 Å². The third-order valence-corrected chi connectivity index (χ3v) is 4.33. The molecule has 0 fully saturated rings. The molecule has 1 aromatic heterocycles. The number of hydrogen-bond donors (Lipinski definition) is 1. The zero-order chi connectivity index (χ0) is 18.5. The Labute approximate surface area is 153 Å². The molecule has 3 aromatic rings. The zero-order valence-corrected chi connectivity index (χ0v) is 15.1. The number of nitrogens with zero attached hydrogens (tertiary/aromatic N) is 1. The van der Waals surface area contributed by atoms with Crippen LogP contribution in [0.2, 0.25) is 0 Å². The van der Waals surface area contributed by atoms with Crippen molar-refractivity contribution < 1.29 is 14.6 Å². The number of carbonyl (C=O) groups is 1. The van der Waals surface area contributed by atoms with Crippen LogP contribution < -0.4 is 4.74 Å². The van der Waals surface area contributed by atoms with Crippen LogP contribution in [0.15, 0.2) is 60.7 Å². The smallest absolute Gasteiger partial charge is 0.310 e. The van der Waals surface area contributed by atoms with Gasteiger partial charge in [0.1, 0.15) is 12.4 Å². The van der Waals surface area contributed by atoms with Crippen LogP contribution in [0.5, 0.6) is 5.75 Å². The number of aliphatic carboxylic acids is 1. The lowest BCUT2D eigenvalue weighted by atomic mass is 9.90. The number of para-hydroxylation sites is 1. The van der Waals surface area contributed by atoms with Crippen LogP contribution >= 0.6 is 0 Å². The molecule has 1 heterocycles. The Morgan fingerprint density at radius 2 is 1.77 bits per heavy atom. The minimum absolute atomic E-state index is 0.325. The fourth-order valence-electron chi connectivity index (χ4n) is 2.99. The first kappa shape index (κ1) is 17.9. The summed E-state index contributed by atoms with van der Waals surface area (Å²) in [5.74, 6) is -0.234. The normalized spacial score (nSPS) is 12.3. The molecule has 3 rings (SSSR count). The molecule has 0 bridgehead atoms. The number of carboxylic acids is 1. The zero-order valence-electron chi connectivity index (χ0n) is 15.1. The van der Waals surface area contributed by atoms with Crippen molar-refractivity contribution in [3.8, 4) is 5.75 Å². The first-order valence-corrected chi connectivity index (χ1v) is 8.83. The van der Waals surface area contributed by atoms with Gasteiger partial charge >= 0.3 is 5.97 Å². The summed E-state index contributed by atoms with van der Waals surface area (Å²) in [6, 6.07) is 19.3. The summed E-state index contributed by atoms with van der Waals surface area (Å²) >= 11 is 0. The number of pyridine rings is 1. The predicted molar refractivity (Wildman–Crippen MR) is 102 cm³/mol. The fourth-order valence-corrected chi connectivity index (χ4v) is 2.99. The summed E-state index contributed by atoms with van der Waals surface area (Å²) in [7, 11) is 0. The van der Waals surface area contributed by atoms with Crippen molar-refractivity contribution >= 4 is 16.9 Å². The maximum Gasteiger partial charge on any atom is 0.310 e. The third-order valence-electron chi connectivity index (χ3n) is 4.33. The summed E-state index contributed by atoms with van der Waals surface area (Å²) in [5.41, 5.74) is 2.61. The van der Waals surface area contributed by atoms with Crippen molar-refractivity contribution in [2.45, 2.75) is 32.8 Å². The van der Waals surface area contributed by atoms with Gasteiger partial charge in [-0.2, -0.15) is 0 Å². The quantitative estimate of drug-likeness (QED) is 0.650. The number of ether oxygens (including phenoxy) is 1. The van der Waals surface area contributed by atoms with E-state index in [-0.39, 0.29) is 0 Å². The minimum Gasteiger partial charge on any atom is -0.487 e. The average molecular weight is 349 g/mol. The fraction of sp³-hybridized carbons (Fsp3) is 0.273. The molecule has 26 heavy (non-hydrogen) atoms. The van der Waals surface area contributed by atoms with Crippen molar-refractivity contribution in [3.05, 3.63) is 71.9 Å². The molecule has 4 heteroatoms. The molecule has 0 aliphatic carbocycles. The highest BCUT2D eigenvalue weighted by Gasteiger charge is 2.20. The summed E-state index contributed by atoms with van der Waals surface area (Å²) in [6.07, 6.45) is 0.622. The van der Waals surface area contributed by atoms with Crippen LogP contribution in [0.4, 0.5) is 0 Å². The van der Waals surface area contributed by atoms with Gasteiger partial charge in [0.25, 0.3) is 0 Å². The molecule has 4 nitrogen and oxygen atoms in total. The Hall–Kier alpha value is -2.88. The molecular weight excluding hydrogens is 326 g/mol. The van der Waals surface area contributed by atoms with E-state index in [1.54, 1.807) is 0 Å². The van der Waals surface area contributed by atoms with Crippen LogP contribution in [-0.4, -0.2) is 16.1 Å². The molecule has 0 saturated heterocycles. The van der Waals surface area contributed by atoms with Crippen molar-refractivity contribution in [2.75, 3.05) is 0 Å². The molecule has 0 aliphatic heterocycles. The van der Waals surface area contributed by atoms with Gasteiger partial charge in [0, 0.05) is 5.39 Å². The van der Waals surface area contributed by atoms with Gasteiger partial charge in [-0.15, -0.1) is 0 Å². The molecule has 0 spiro atoms. The standard InChI is InChI=1S/C22H23NO3/c1-15(2)13-20(22(24)25)16-8-11-19(12-9-16)26-14-18-10-7-17-5-3-4-6-21(17)23-18/h3-12,15,20H,13-14H2,1-2H3,(H,24,25). The lowest BCUT2D eigenvalue weighted by Crippen LogP contribution is -2.14. The van der Waals surface area contributed by atoms with Crippen molar-refractivity contribution in [1.82, 2.24) is 4.98 Å². The second-order valence-electron chi connectivity index (χ2n) is 6.87. The van der Waals surface area contributed by atoms with Crippen LogP contribution in [0.25, 0.3) is 10.9 Å². The van der Waals surface area contributed by atoms with Crippen molar-refractivity contribution in [1.29, 1.82) is 0 Å². The molecular formula is C22H23NO3. The SMILES string of the molecule is CC(C)CC(C(=O)O)c1ccc(OCc2ccc3ccccc3n2)cc1. The maximum atomic E-state index is 11.5. The Bertz CT molecular complexity index is 887. The van der Waals surface area contributed by atoms with Crippen molar-refractivity contribution in [3.63, 3.8) is 0 Å². The van der Waals surface area contributed by atoms with E-state index in [0.717, 1.165) is 22.2 Å². The number of carboxylic acid groups (broad SMARTS) is 1. The highest BCUT2D eigenvalue weighted by molar-refractivity contribution is 5.78. The van der Waals surface area contributed by atoms with Gasteiger partial charge in [-0.3, -0.25) is 4.79 Å². The monoisotopic (exact) mass is 349 g/mol. The lowest BCUT2D eigenvalue weighted by Gasteiger charge is -2.15. The molecule has 134 valence electrons. The van der Waals surface area contributed by atoms with E-state index < -0.39 is 11.9 Å². The Kier molecular flexibility index (Phi) is 5.52. The third kappa shape index (κ3) is 4.39. The molecule has 1 unspecified atom stereocenters. The summed E-state index contributed by atoms with van der Waals surface area (Å²) < 4.78 is 5.81. The first-order chi connectivity index (χ1) is 12.5. The Morgan fingerprint density at radius 1 is 1.04 bits per heavy atom. The van der Waals surface area contributed by atoms with E-state index in [9.17, 15) is 9.90 Å². The Morgan fingerprint density at radius 3 is 2.46 bits per heavy atom. The van der Waals surface area contributed by atoms with E-state index >= 15 is 0 Å². The van der Waals surface area contributed by atoms with Gasteiger partial charge in [0.05, 0.1) is 17.1 Å². The van der Waals surface area contributed by atoms with E-state index in [2.05, 4.69) is 4.98 Å². The van der Waals surface area contributed by atoms with Crippen LogP contribution in [0, 0.1) is 5.92 Å². The summed E-state index contributed by atoms with van der Waals surface area (Å²) in [4.78, 5) is 16.1. The van der Waals surface area contributed by atoms with E-state index in [0.29, 0.717) is 24.7 Å². The average Bonchev–Trinajstić information content (AvgIpc) is 2.64. The molecule has 0 saturated carbocycles. The van der Waals surface area contributed by atoms with Gasteiger partial charge in [0.15, 0.2) is 0 Å². The van der Waals surface area contributed by atoms with Crippen molar-refractivity contribution in [2.24, 2.45) is 5.92 Å².